The number of hydrogen-bond donors (Lipinski definition) is 1. The number of nitrogens with one attached hydrogen (secondary N) is 1. The van der Waals surface area contributed by atoms with Crippen LogP contribution in [0.4, 0.5) is 11.4 Å². The summed E-state index contributed by atoms with van der Waals surface area (Å²) < 4.78 is 16.1. The second kappa shape index (κ2) is 5.70. The van der Waals surface area contributed by atoms with Crippen LogP contribution in [0.3, 0.4) is 0 Å². The highest BCUT2D eigenvalue weighted by atomic mass is 16.7. The minimum atomic E-state index is -0.522. The number of rotatable bonds is 2. The van der Waals surface area contributed by atoms with Crippen molar-refractivity contribution in [2.45, 2.75) is 13.0 Å². The Morgan fingerprint density at radius 3 is 2.72 bits per heavy atom. The predicted octanol–water partition coefficient (Wildman–Crippen LogP) is 2.41. The van der Waals surface area contributed by atoms with E-state index in [1.807, 2.05) is 0 Å². The van der Waals surface area contributed by atoms with E-state index in [0.29, 0.717) is 34.2 Å². The summed E-state index contributed by atoms with van der Waals surface area (Å²) in [5, 5.41) is 2.82. The Bertz CT molecular complexity index is 880. The summed E-state index contributed by atoms with van der Waals surface area (Å²) in [5.41, 5.74) is 1.64. The molecule has 0 fully saturated rings. The number of anilines is 2. The lowest BCUT2D eigenvalue weighted by Crippen LogP contribution is -2.41. The van der Waals surface area contributed by atoms with Crippen molar-refractivity contribution < 1.29 is 23.8 Å². The highest BCUT2D eigenvalue weighted by Gasteiger charge is 2.29. The van der Waals surface area contributed by atoms with Gasteiger partial charge in [0.2, 0.25) is 6.79 Å². The number of ether oxygens (including phenoxy) is 3. The highest BCUT2D eigenvalue weighted by Crippen LogP contribution is 2.36. The smallest absolute Gasteiger partial charge is 0.267 e. The molecule has 1 N–H and O–H groups in total. The van der Waals surface area contributed by atoms with Crippen molar-refractivity contribution in [2.24, 2.45) is 0 Å². The molecule has 1 atom stereocenters. The molecule has 2 heterocycles. The molecule has 0 aliphatic carbocycles. The van der Waals surface area contributed by atoms with E-state index < -0.39 is 6.10 Å². The molecule has 0 aromatic heterocycles. The fourth-order valence-electron chi connectivity index (χ4n) is 2.83. The van der Waals surface area contributed by atoms with E-state index in [1.165, 1.54) is 4.90 Å². The third kappa shape index (κ3) is 2.63. The van der Waals surface area contributed by atoms with Gasteiger partial charge in [0, 0.05) is 18.3 Å². The van der Waals surface area contributed by atoms with Crippen LogP contribution in [0.15, 0.2) is 36.4 Å². The van der Waals surface area contributed by atoms with Crippen LogP contribution < -0.4 is 24.4 Å². The third-order valence-corrected chi connectivity index (χ3v) is 4.20. The van der Waals surface area contributed by atoms with E-state index in [4.69, 9.17) is 14.2 Å². The lowest BCUT2D eigenvalue weighted by molar-refractivity contribution is -0.125. The topological polar surface area (TPSA) is 77.1 Å². The molecule has 0 spiro atoms. The number of carbonyl (C=O) groups excluding carboxylic acids is 2. The Balaban J connectivity index is 1.57. The normalized spacial score (nSPS) is 17.8. The van der Waals surface area contributed by atoms with Gasteiger partial charge >= 0.3 is 0 Å². The van der Waals surface area contributed by atoms with Crippen molar-refractivity contribution in [3.63, 3.8) is 0 Å². The Hall–Kier alpha value is -3.22. The van der Waals surface area contributed by atoms with Crippen molar-refractivity contribution >= 4 is 23.2 Å². The Kier molecular flexibility index (Phi) is 3.49. The molecule has 2 aliphatic rings. The molecule has 2 aromatic rings. The minimum Gasteiger partial charge on any atom is -0.479 e. The van der Waals surface area contributed by atoms with Crippen LogP contribution in [0.1, 0.15) is 17.3 Å². The van der Waals surface area contributed by atoms with Crippen molar-refractivity contribution in [1.82, 2.24) is 0 Å². The maximum atomic E-state index is 12.5. The summed E-state index contributed by atoms with van der Waals surface area (Å²) in [7, 11) is 1.68. The van der Waals surface area contributed by atoms with Crippen LogP contribution in [-0.4, -0.2) is 31.8 Å². The SMILES string of the molecule is CC1Oc2ccc(NC(=O)c3ccc4c(c3)OCO4)cc2N(C)C1=O. The van der Waals surface area contributed by atoms with Gasteiger partial charge < -0.3 is 24.4 Å². The summed E-state index contributed by atoms with van der Waals surface area (Å²) >= 11 is 0. The molecular weight excluding hydrogens is 324 g/mol. The molecule has 0 saturated carbocycles. The molecule has 2 aliphatic heterocycles. The van der Waals surface area contributed by atoms with Gasteiger partial charge in [-0.1, -0.05) is 0 Å². The zero-order valence-electron chi connectivity index (χ0n) is 13.7. The zero-order valence-corrected chi connectivity index (χ0v) is 13.7. The van der Waals surface area contributed by atoms with Crippen LogP contribution in [0, 0.1) is 0 Å². The number of fused-ring (bicyclic) bond motifs is 2. The summed E-state index contributed by atoms with van der Waals surface area (Å²) in [6, 6.07) is 10.2. The summed E-state index contributed by atoms with van der Waals surface area (Å²) in [5.74, 6) is 1.36. The van der Waals surface area contributed by atoms with E-state index in [0.717, 1.165) is 0 Å². The Morgan fingerprint density at radius 2 is 1.88 bits per heavy atom. The maximum Gasteiger partial charge on any atom is 0.267 e. The Labute approximate surface area is 144 Å². The average molecular weight is 340 g/mol. The molecule has 0 saturated heterocycles. The summed E-state index contributed by atoms with van der Waals surface area (Å²) in [6.45, 7) is 1.86. The molecule has 4 rings (SSSR count). The van der Waals surface area contributed by atoms with Crippen LogP contribution in [0.2, 0.25) is 0 Å². The van der Waals surface area contributed by atoms with E-state index in [2.05, 4.69) is 5.32 Å². The van der Waals surface area contributed by atoms with E-state index in [1.54, 1.807) is 50.4 Å². The zero-order chi connectivity index (χ0) is 17.6. The first kappa shape index (κ1) is 15.3. The van der Waals surface area contributed by atoms with Crippen LogP contribution >= 0.6 is 0 Å². The lowest BCUT2D eigenvalue weighted by atomic mass is 10.1. The van der Waals surface area contributed by atoms with Gasteiger partial charge in [-0.3, -0.25) is 9.59 Å². The Morgan fingerprint density at radius 1 is 1.12 bits per heavy atom. The molecular formula is C18H16N2O5. The summed E-state index contributed by atoms with van der Waals surface area (Å²) in [6.07, 6.45) is -0.522. The first-order valence-corrected chi connectivity index (χ1v) is 7.82. The van der Waals surface area contributed by atoms with Gasteiger partial charge in [0.1, 0.15) is 5.75 Å². The quantitative estimate of drug-likeness (QED) is 0.908. The predicted molar refractivity (Wildman–Crippen MR) is 90.5 cm³/mol. The largest absolute Gasteiger partial charge is 0.479 e. The fourth-order valence-corrected chi connectivity index (χ4v) is 2.83. The first-order chi connectivity index (χ1) is 12.0. The van der Waals surface area contributed by atoms with Gasteiger partial charge in [-0.25, -0.2) is 0 Å². The molecule has 7 heteroatoms. The second-order valence-electron chi connectivity index (χ2n) is 5.86. The highest BCUT2D eigenvalue weighted by molar-refractivity contribution is 6.06. The minimum absolute atomic E-state index is 0.133. The number of nitrogens with zero attached hydrogens (tertiary/aromatic N) is 1. The first-order valence-electron chi connectivity index (χ1n) is 7.82. The molecule has 2 aromatic carbocycles. The molecule has 7 nitrogen and oxygen atoms in total. The number of likely N-dealkylation sites (N-methyl/N-ethyl adjacent to an activating group) is 1. The van der Waals surface area contributed by atoms with Crippen LogP contribution in [0.25, 0.3) is 0 Å². The number of hydrogen-bond acceptors (Lipinski definition) is 5. The van der Waals surface area contributed by atoms with Gasteiger partial charge in [0.25, 0.3) is 11.8 Å². The molecule has 0 radical (unpaired) electrons. The number of carbonyl (C=O) groups is 2. The fraction of sp³-hybridized carbons (Fsp3) is 0.222. The van der Waals surface area contributed by atoms with E-state index in [-0.39, 0.29) is 18.6 Å². The average Bonchev–Trinajstić information content (AvgIpc) is 3.08. The van der Waals surface area contributed by atoms with Gasteiger partial charge in [-0.15, -0.1) is 0 Å². The van der Waals surface area contributed by atoms with Crippen molar-refractivity contribution in [1.29, 1.82) is 0 Å². The van der Waals surface area contributed by atoms with Gasteiger partial charge in [-0.2, -0.15) is 0 Å². The standard InChI is InChI=1S/C18H16N2O5/c1-10-18(22)20(2)13-8-12(4-6-14(13)25-10)19-17(21)11-3-5-15-16(7-11)24-9-23-15/h3-8,10H,9H2,1-2H3,(H,19,21). The van der Waals surface area contributed by atoms with Crippen molar-refractivity contribution in [3.05, 3.63) is 42.0 Å². The second-order valence-corrected chi connectivity index (χ2v) is 5.86. The van der Waals surface area contributed by atoms with E-state index >= 15 is 0 Å². The van der Waals surface area contributed by atoms with E-state index in [9.17, 15) is 9.59 Å². The van der Waals surface area contributed by atoms with Crippen molar-refractivity contribution in [2.75, 3.05) is 24.1 Å². The molecule has 25 heavy (non-hydrogen) atoms. The van der Waals surface area contributed by atoms with Crippen molar-refractivity contribution in [3.8, 4) is 17.2 Å². The van der Waals surface area contributed by atoms with Crippen LogP contribution in [0.5, 0.6) is 17.2 Å². The number of benzene rings is 2. The molecule has 1 unspecified atom stereocenters. The van der Waals surface area contributed by atoms with Crippen LogP contribution in [-0.2, 0) is 4.79 Å². The molecule has 0 bridgehead atoms. The molecule has 2 amide bonds. The van der Waals surface area contributed by atoms with Gasteiger partial charge in [-0.05, 0) is 43.3 Å². The monoisotopic (exact) mass is 340 g/mol. The number of amides is 2. The van der Waals surface area contributed by atoms with Gasteiger partial charge in [0.15, 0.2) is 17.6 Å². The maximum absolute atomic E-state index is 12.5. The third-order valence-electron chi connectivity index (χ3n) is 4.20. The summed E-state index contributed by atoms with van der Waals surface area (Å²) in [4.78, 5) is 26.0. The van der Waals surface area contributed by atoms with Gasteiger partial charge in [0.05, 0.1) is 5.69 Å². The lowest BCUT2D eigenvalue weighted by Gasteiger charge is -2.30. The molecule has 128 valence electrons.